The van der Waals surface area contributed by atoms with Gasteiger partial charge >= 0.3 is 0 Å². The van der Waals surface area contributed by atoms with Crippen molar-refractivity contribution in [2.24, 2.45) is 0 Å². The lowest BCUT2D eigenvalue weighted by Crippen LogP contribution is -2.27. The number of benzene rings is 3. The third-order valence-corrected chi connectivity index (χ3v) is 4.02. The zero-order valence-electron chi connectivity index (χ0n) is 15.3. The Labute approximate surface area is 162 Å². The smallest absolute Gasteiger partial charge is 0.251 e. The van der Waals surface area contributed by atoms with Gasteiger partial charge in [0.1, 0.15) is 11.9 Å². The Morgan fingerprint density at radius 2 is 1.29 bits per heavy atom. The van der Waals surface area contributed by atoms with Crippen molar-refractivity contribution in [2.75, 3.05) is 16.0 Å². The minimum absolute atomic E-state index is 0.151. The highest BCUT2D eigenvalue weighted by Crippen LogP contribution is 2.23. The van der Waals surface area contributed by atoms with E-state index in [1.165, 1.54) is 31.2 Å². The second-order valence-electron chi connectivity index (χ2n) is 6.24. The summed E-state index contributed by atoms with van der Waals surface area (Å²) < 4.78 is 13.1. The monoisotopic (exact) mass is 377 g/mol. The van der Waals surface area contributed by atoms with Crippen LogP contribution in [0.4, 0.5) is 21.5 Å². The summed E-state index contributed by atoms with van der Waals surface area (Å²) in [7, 11) is 0. The summed E-state index contributed by atoms with van der Waals surface area (Å²) in [4.78, 5) is 24.0. The lowest BCUT2D eigenvalue weighted by atomic mass is 10.1. The minimum Gasteiger partial charge on any atom is -0.370 e. The van der Waals surface area contributed by atoms with Crippen LogP contribution in [-0.2, 0) is 9.59 Å². The van der Waals surface area contributed by atoms with Crippen LogP contribution in [0, 0.1) is 5.82 Å². The van der Waals surface area contributed by atoms with E-state index in [0.717, 1.165) is 11.3 Å². The van der Waals surface area contributed by atoms with Crippen LogP contribution in [0.15, 0.2) is 78.9 Å². The molecule has 142 valence electrons. The maximum absolute atomic E-state index is 13.1. The van der Waals surface area contributed by atoms with Crippen molar-refractivity contribution in [1.82, 2.24) is 0 Å². The van der Waals surface area contributed by atoms with Crippen molar-refractivity contribution < 1.29 is 14.0 Å². The Kier molecular flexibility index (Phi) is 6.01. The van der Waals surface area contributed by atoms with Crippen molar-refractivity contribution in [3.8, 4) is 0 Å². The highest BCUT2D eigenvalue weighted by atomic mass is 19.1. The summed E-state index contributed by atoms with van der Waals surface area (Å²) in [5.74, 6) is -0.791. The Balaban J connectivity index is 1.80. The number of rotatable bonds is 6. The molecule has 0 aliphatic heterocycles. The number of amides is 2. The molecule has 6 heteroatoms. The van der Waals surface area contributed by atoms with E-state index in [1.807, 2.05) is 30.3 Å². The van der Waals surface area contributed by atoms with Crippen molar-refractivity contribution in [2.45, 2.75) is 13.0 Å². The van der Waals surface area contributed by atoms with Crippen LogP contribution in [0.25, 0.3) is 0 Å². The molecule has 3 N–H and O–H groups in total. The zero-order chi connectivity index (χ0) is 19.9. The van der Waals surface area contributed by atoms with E-state index >= 15 is 0 Å². The third kappa shape index (κ3) is 5.17. The Bertz CT molecular complexity index is 942. The lowest BCUT2D eigenvalue weighted by Gasteiger charge is -2.20. The molecular weight excluding hydrogens is 357 g/mol. The predicted molar refractivity (Wildman–Crippen MR) is 109 cm³/mol. The fraction of sp³-hybridized carbons (Fsp3) is 0.0909. The van der Waals surface area contributed by atoms with Gasteiger partial charge in [0.2, 0.25) is 5.91 Å². The number of nitrogens with one attached hydrogen (secondary N) is 3. The molecule has 0 fully saturated rings. The summed E-state index contributed by atoms with van der Waals surface area (Å²) >= 11 is 0. The topological polar surface area (TPSA) is 70.2 Å². The van der Waals surface area contributed by atoms with Crippen molar-refractivity contribution in [3.63, 3.8) is 0 Å². The second-order valence-corrected chi connectivity index (χ2v) is 6.24. The van der Waals surface area contributed by atoms with E-state index in [0.29, 0.717) is 11.4 Å². The van der Waals surface area contributed by atoms with Gasteiger partial charge in [0.15, 0.2) is 0 Å². The summed E-state index contributed by atoms with van der Waals surface area (Å²) in [5, 5.41) is 8.71. The highest BCUT2D eigenvalue weighted by Gasteiger charge is 2.20. The SMILES string of the molecule is CC(=O)Nc1ccc(NC(C(=O)Nc2ccc(F)cc2)c2ccccc2)cc1. The van der Waals surface area contributed by atoms with E-state index in [1.54, 1.807) is 24.3 Å². The maximum atomic E-state index is 13.1. The Hall–Kier alpha value is -3.67. The van der Waals surface area contributed by atoms with Crippen LogP contribution in [0.2, 0.25) is 0 Å². The highest BCUT2D eigenvalue weighted by molar-refractivity contribution is 5.97. The first-order valence-electron chi connectivity index (χ1n) is 8.77. The number of carbonyl (C=O) groups excluding carboxylic acids is 2. The average Bonchev–Trinajstić information content (AvgIpc) is 2.69. The first-order valence-corrected chi connectivity index (χ1v) is 8.77. The molecule has 0 heterocycles. The zero-order valence-corrected chi connectivity index (χ0v) is 15.3. The molecule has 0 aliphatic rings. The molecule has 3 aromatic carbocycles. The Morgan fingerprint density at radius 1 is 0.750 bits per heavy atom. The molecule has 28 heavy (non-hydrogen) atoms. The molecule has 3 aromatic rings. The van der Waals surface area contributed by atoms with Gasteiger partial charge in [-0.15, -0.1) is 0 Å². The van der Waals surface area contributed by atoms with Gasteiger partial charge in [-0.05, 0) is 54.1 Å². The quantitative estimate of drug-likeness (QED) is 0.589. The van der Waals surface area contributed by atoms with E-state index < -0.39 is 6.04 Å². The van der Waals surface area contributed by atoms with E-state index in [-0.39, 0.29) is 17.6 Å². The normalized spacial score (nSPS) is 11.4. The van der Waals surface area contributed by atoms with Gasteiger partial charge in [0, 0.05) is 24.0 Å². The summed E-state index contributed by atoms with van der Waals surface area (Å²) in [5.41, 5.74) is 2.69. The molecule has 1 atom stereocenters. The molecule has 1 unspecified atom stereocenters. The number of hydrogen-bond donors (Lipinski definition) is 3. The van der Waals surface area contributed by atoms with Gasteiger partial charge in [-0.3, -0.25) is 9.59 Å². The largest absolute Gasteiger partial charge is 0.370 e. The molecule has 0 saturated heterocycles. The second kappa shape index (κ2) is 8.81. The first-order chi connectivity index (χ1) is 13.5. The third-order valence-electron chi connectivity index (χ3n) is 4.02. The average molecular weight is 377 g/mol. The van der Waals surface area contributed by atoms with Crippen LogP contribution in [-0.4, -0.2) is 11.8 Å². The van der Waals surface area contributed by atoms with Gasteiger partial charge in [-0.1, -0.05) is 30.3 Å². The van der Waals surface area contributed by atoms with Crippen molar-refractivity contribution in [3.05, 3.63) is 90.2 Å². The summed E-state index contributed by atoms with van der Waals surface area (Å²) in [6.45, 7) is 1.44. The van der Waals surface area contributed by atoms with Crippen molar-refractivity contribution in [1.29, 1.82) is 0 Å². The molecule has 0 bridgehead atoms. The van der Waals surface area contributed by atoms with Gasteiger partial charge < -0.3 is 16.0 Å². The number of hydrogen-bond acceptors (Lipinski definition) is 3. The first kappa shape index (κ1) is 19.1. The molecule has 0 aromatic heterocycles. The van der Waals surface area contributed by atoms with Gasteiger partial charge in [0.25, 0.3) is 5.91 Å². The van der Waals surface area contributed by atoms with Crippen LogP contribution >= 0.6 is 0 Å². The van der Waals surface area contributed by atoms with Gasteiger partial charge in [0.05, 0.1) is 0 Å². The van der Waals surface area contributed by atoms with Gasteiger partial charge in [-0.2, -0.15) is 0 Å². The summed E-state index contributed by atoms with van der Waals surface area (Å²) in [6.07, 6.45) is 0. The van der Waals surface area contributed by atoms with E-state index in [4.69, 9.17) is 0 Å². The predicted octanol–water partition coefficient (Wildman–Crippen LogP) is 4.58. The lowest BCUT2D eigenvalue weighted by molar-refractivity contribution is -0.117. The fourth-order valence-electron chi connectivity index (χ4n) is 2.71. The van der Waals surface area contributed by atoms with E-state index in [9.17, 15) is 14.0 Å². The fourth-order valence-corrected chi connectivity index (χ4v) is 2.71. The number of carbonyl (C=O) groups is 2. The molecular formula is C22H20FN3O2. The molecule has 5 nitrogen and oxygen atoms in total. The van der Waals surface area contributed by atoms with Crippen molar-refractivity contribution >= 4 is 28.9 Å². The Morgan fingerprint density at radius 3 is 1.89 bits per heavy atom. The van der Waals surface area contributed by atoms with Crippen LogP contribution < -0.4 is 16.0 Å². The minimum atomic E-state index is -0.655. The molecule has 0 spiro atoms. The molecule has 3 rings (SSSR count). The number of anilines is 3. The van der Waals surface area contributed by atoms with Crippen LogP contribution in [0.1, 0.15) is 18.5 Å². The number of halogens is 1. The van der Waals surface area contributed by atoms with Crippen LogP contribution in [0.5, 0.6) is 0 Å². The molecule has 2 amide bonds. The summed E-state index contributed by atoms with van der Waals surface area (Å²) in [6, 6.07) is 21.3. The molecule has 0 aliphatic carbocycles. The molecule has 0 radical (unpaired) electrons. The van der Waals surface area contributed by atoms with E-state index in [2.05, 4.69) is 16.0 Å². The maximum Gasteiger partial charge on any atom is 0.251 e. The van der Waals surface area contributed by atoms with Crippen LogP contribution in [0.3, 0.4) is 0 Å². The van der Waals surface area contributed by atoms with Gasteiger partial charge in [-0.25, -0.2) is 4.39 Å². The standard InChI is InChI=1S/C22H20FN3O2/c1-15(27)24-18-11-13-19(14-12-18)25-21(16-5-3-2-4-6-16)22(28)26-20-9-7-17(23)8-10-20/h2-14,21,25H,1H3,(H,24,27)(H,26,28). The molecule has 0 saturated carbocycles.